The van der Waals surface area contributed by atoms with Gasteiger partial charge in [0.2, 0.25) is 0 Å². The zero-order valence-corrected chi connectivity index (χ0v) is 15.0. The molecule has 0 aliphatic rings. The van der Waals surface area contributed by atoms with Gasteiger partial charge in [-0.3, -0.25) is 5.32 Å². The highest BCUT2D eigenvalue weighted by atomic mass is 19.1. The van der Waals surface area contributed by atoms with Crippen LogP contribution in [-0.4, -0.2) is 31.1 Å². The maximum absolute atomic E-state index is 12.1. The monoisotopic (exact) mass is 367 g/mol. The van der Waals surface area contributed by atoms with E-state index in [4.69, 9.17) is 4.74 Å². The van der Waals surface area contributed by atoms with Crippen molar-refractivity contribution in [3.8, 4) is 23.1 Å². The lowest BCUT2D eigenvalue weighted by Gasteiger charge is -2.09. The van der Waals surface area contributed by atoms with Crippen molar-refractivity contribution in [3.05, 3.63) is 48.0 Å². The van der Waals surface area contributed by atoms with Crippen LogP contribution in [0.5, 0.6) is 5.75 Å². The lowest BCUT2D eigenvalue weighted by atomic mass is 10.1. The molecule has 1 amide bonds. The fraction of sp³-hybridized carbons (Fsp3) is 0.200. The highest BCUT2D eigenvalue weighted by Gasteiger charge is 2.17. The van der Waals surface area contributed by atoms with Gasteiger partial charge in [0.15, 0.2) is 0 Å². The number of hydrogen-bond acceptors (Lipinski definition) is 4. The number of anilines is 1. The average Bonchev–Trinajstić information content (AvgIpc) is 2.97. The predicted molar refractivity (Wildman–Crippen MR) is 101 cm³/mol. The number of carbonyl (C=O) groups excluding carboxylic acids is 1. The average molecular weight is 367 g/mol. The topological polar surface area (TPSA) is 76.3 Å². The van der Waals surface area contributed by atoms with E-state index in [0.717, 1.165) is 22.2 Å². The summed E-state index contributed by atoms with van der Waals surface area (Å²) in [5, 5.41) is 13.1. The molecule has 0 radical (unpaired) electrons. The van der Waals surface area contributed by atoms with E-state index in [0.29, 0.717) is 17.0 Å². The van der Waals surface area contributed by atoms with Crippen LogP contribution in [0.25, 0.3) is 22.2 Å². The zero-order chi connectivity index (χ0) is 19.4. The molecule has 0 aliphatic carbocycles. The summed E-state index contributed by atoms with van der Waals surface area (Å²) in [5.41, 5.74) is 3.37. The Labute approximate surface area is 155 Å². The lowest BCUT2D eigenvalue weighted by molar-refractivity contribution is 0.152. The molecule has 0 saturated carbocycles. The summed E-state index contributed by atoms with van der Waals surface area (Å²) in [6, 6.07) is 14.9. The van der Waals surface area contributed by atoms with Crippen LogP contribution in [0.15, 0.2) is 42.5 Å². The van der Waals surface area contributed by atoms with Crippen molar-refractivity contribution in [3.63, 3.8) is 0 Å². The summed E-state index contributed by atoms with van der Waals surface area (Å²) in [6.45, 7) is -1.03. The van der Waals surface area contributed by atoms with E-state index < -0.39 is 12.8 Å². The molecule has 27 heavy (non-hydrogen) atoms. The standard InChI is InChI=1S/C20H18FN3O3/c1-24-18-11-15(26-2)6-7-16(18)17(12-22)19(24)13-4-3-5-14(10-13)23-20(25)27-9-8-21/h3-7,10-11H,8-9H2,1-2H3,(H,23,25). The van der Waals surface area contributed by atoms with Gasteiger partial charge in [-0.2, -0.15) is 5.26 Å². The minimum Gasteiger partial charge on any atom is -0.497 e. The maximum atomic E-state index is 12.1. The van der Waals surface area contributed by atoms with Gasteiger partial charge in [0, 0.05) is 29.8 Å². The first-order valence-corrected chi connectivity index (χ1v) is 8.25. The molecule has 0 spiro atoms. The number of halogens is 1. The number of hydrogen-bond donors (Lipinski definition) is 1. The number of nitrogens with one attached hydrogen (secondary N) is 1. The Morgan fingerprint density at radius 1 is 1.30 bits per heavy atom. The lowest BCUT2D eigenvalue weighted by Crippen LogP contribution is -2.15. The smallest absolute Gasteiger partial charge is 0.411 e. The summed E-state index contributed by atoms with van der Waals surface area (Å²) in [6.07, 6.45) is -0.730. The van der Waals surface area contributed by atoms with Gasteiger partial charge in [-0.15, -0.1) is 0 Å². The minimum absolute atomic E-state index is 0.296. The Balaban J connectivity index is 2.05. The fourth-order valence-corrected chi connectivity index (χ4v) is 3.02. The number of alkyl halides is 1. The number of benzene rings is 2. The Hall–Kier alpha value is -3.53. The number of amides is 1. The quantitative estimate of drug-likeness (QED) is 0.732. The third kappa shape index (κ3) is 3.55. The number of carbonyl (C=O) groups is 1. The SMILES string of the molecule is COc1ccc2c(C#N)c(-c3cccc(NC(=O)OCCF)c3)n(C)c2c1. The van der Waals surface area contributed by atoms with E-state index in [1.54, 1.807) is 25.3 Å². The number of methoxy groups -OCH3 is 1. The van der Waals surface area contributed by atoms with Crippen molar-refractivity contribution in [2.75, 3.05) is 25.7 Å². The third-order valence-corrected chi connectivity index (χ3v) is 4.21. The van der Waals surface area contributed by atoms with Crippen LogP contribution >= 0.6 is 0 Å². The summed E-state index contributed by atoms with van der Waals surface area (Å²) in [7, 11) is 3.46. The molecule has 1 heterocycles. The molecule has 3 rings (SSSR count). The number of nitrogens with zero attached hydrogens (tertiary/aromatic N) is 2. The Kier molecular flexibility index (Phi) is 5.27. The molecule has 2 aromatic carbocycles. The third-order valence-electron chi connectivity index (χ3n) is 4.21. The van der Waals surface area contributed by atoms with Gasteiger partial charge >= 0.3 is 6.09 Å². The van der Waals surface area contributed by atoms with Crippen LogP contribution in [0.3, 0.4) is 0 Å². The van der Waals surface area contributed by atoms with Crippen molar-refractivity contribution >= 4 is 22.7 Å². The summed E-state index contributed by atoms with van der Waals surface area (Å²) in [4.78, 5) is 11.6. The van der Waals surface area contributed by atoms with Gasteiger partial charge in [0.1, 0.15) is 25.1 Å². The van der Waals surface area contributed by atoms with E-state index in [-0.39, 0.29) is 6.61 Å². The molecule has 0 saturated heterocycles. The molecular weight excluding hydrogens is 349 g/mol. The second-order valence-corrected chi connectivity index (χ2v) is 5.81. The first-order chi connectivity index (χ1) is 13.1. The van der Waals surface area contributed by atoms with Crippen molar-refractivity contribution in [2.24, 2.45) is 7.05 Å². The van der Waals surface area contributed by atoms with E-state index in [1.165, 1.54) is 0 Å². The van der Waals surface area contributed by atoms with Gasteiger partial charge in [0.05, 0.1) is 23.9 Å². The van der Waals surface area contributed by atoms with E-state index in [9.17, 15) is 14.4 Å². The summed E-state index contributed by atoms with van der Waals surface area (Å²) >= 11 is 0. The molecule has 3 aromatic rings. The largest absolute Gasteiger partial charge is 0.497 e. The predicted octanol–water partition coefficient (Wildman–Crippen LogP) is 4.24. The molecule has 1 aromatic heterocycles. The second kappa shape index (κ2) is 7.79. The number of rotatable bonds is 5. The molecule has 138 valence electrons. The van der Waals surface area contributed by atoms with Gasteiger partial charge < -0.3 is 14.0 Å². The molecule has 1 N–H and O–H groups in total. The summed E-state index contributed by atoms with van der Waals surface area (Å²) < 4.78 is 24.0. The molecule has 0 aliphatic heterocycles. The first kappa shape index (κ1) is 18.3. The van der Waals surface area contributed by atoms with Crippen molar-refractivity contribution in [1.82, 2.24) is 4.57 Å². The molecule has 0 unspecified atom stereocenters. The van der Waals surface area contributed by atoms with Crippen LogP contribution in [0, 0.1) is 11.3 Å². The number of aromatic nitrogens is 1. The van der Waals surface area contributed by atoms with Crippen LogP contribution in [0.2, 0.25) is 0 Å². The maximum Gasteiger partial charge on any atom is 0.411 e. The van der Waals surface area contributed by atoms with Crippen LogP contribution in [-0.2, 0) is 11.8 Å². The number of fused-ring (bicyclic) bond motifs is 1. The molecule has 0 bridgehead atoms. The number of aryl methyl sites for hydroxylation is 1. The van der Waals surface area contributed by atoms with Crippen molar-refractivity contribution < 1.29 is 18.7 Å². The molecule has 0 fully saturated rings. The van der Waals surface area contributed by atoms with Gasteiger partial charge in [-0.1, -0.05) is 12.1 Å². The Bertz CT molecular complexity index is 1040. The van der Waals surface area contributed by atoms with Gasteiger partial charge in [-0.25, -0.2) is 9.18 Å². The zero-order valence-electron chi connectivity index (χ0n) is 15.0. The Morgan fingerprint density at radius 3 is 2.81 bits per heavy atom. The van der Waals surface area contributed by atoms with Gasteiger partial charge in [0.25, 0.3) is 0 Å². The highest BCUT2D eigenvalue weighted by molar-refractivity contribution is 5.96. The second-order valence-electron chi connectivity index (χ2n) is 5.81. The molecule has 7 heteroatoms. The number of nitriles is 1. The Morgan fingerprint density at radius 2 is 2.11 bits per heavy atom. The van der Waals surface area contributed by atoms with E-state index in [1.807, 2.05) is 35.9 Å². The van der Waals surface area contributed by atoms with Gasteiger partial charge in [-0.05, 0) is 24.3 Å². The van der Waals surface area contributed by atoms with E-state index >= 15 is 0 Å². The first-order valence-electron chi connectivity index (χ1n) is 8.25. The highest BCUT2D eigenvalue weighted by Crippen LogP contribution is 2.35. The van der Waals surface area contributed by atoms with Crippen molar-refractivity contribution in [2.45, 2.75) is 0 Å². The van der Waals surface area contributed by atoms with Crippen LogP contribution in [0.1, 0.15) is 5.56 Å². The van der Waals surface area contributed by atoms with Crippen molar-refractivity contribution in [1.29, 1.82) is 5.26 Å². The van der Waals surface area contributed by atoms with E-state index in [2.05, 4.69) is 16.1 Å². The molecule has 6 nitrogen and oxygen atoms in total. The minimum atomic E-state index is -0.738. The molecular formula is C20H18FN3O3. The normalized spacial score (nSPS) is 10.4. The molecule has 0 atom stereocenters. The van der Waals surface area contributed by atoms with Crippen LogP contribution < -0.4 is 10.1 Å². The van der Waals surface area contributed by atoms with Crippen LogP contribution in [0.4, 0.5) is 14.9 Å². The fourth-order valence-electron chi connectivity index (χ4n) is 3.02. The summed E-state index contributed by atoms with van der Waals surface area (Å²) in [5.74, 6) is 0.699. The number of ether oxygens (including phenoxy) is 2.